The number of nitrogens with one attached hydrogen (secondary N) is 1. The summed E-state index contributed by atoms with van der Waals surface area (Å²) in [5.74, 6) is -1.74. The van der Waals surface area contributed by atoms with Gasteiger partial charge in [0, 0.05) is 29.6 Å². The van der Waals surface area contributed by atoms with E-state index in [0.29, 0.717) is 18.5 Å². The molecule has 1 aromatic carbocycles. The van der Waals surface area contributed by atoms with Crippen LogP contribution in [0.5, 0.6) is 0 Å². The van der Waals surface area contributed by atoms with E-state index in [2.05, 4.69) is 55.4 Å². The van der Waals surface area contributed by atoms with Gasteiger partial charge in [0.25, 0.3) is 0 Å². The Morgan fingerprint density at radius 3 is 1.88 bits per heavy atom. The third kappa shape index (κ3) is 5.87. The molecule has 48 heavy (non-hydrogen) atoms. The van der Waals surface area contributed by atoms with Crippen LogP contribution in [-0.2, 0) is 22.4 Å². The van der Waals surface area contributed by atoms with Crippen molar-refractivity contribution in [3.63, 3.8) is 0 Å². The smallest absolute Gasteiger partial charge is 0.303 e. The number of aliphatic carboxylic acids is 2. The summed E-state index contributed by atoms with van der Waals surface area (Å²) in [5.41, 5.74) is 16.3. The van der Waals surface area contributed by atoms with Crippen molar-refractivity contribution < 1.29 is 19.8 Å². The molecule has 2 aliphatic rings. The summed E-state index contributed by atoms with van der Waals surface area (Å²) in [4.78, 5) is 37.7. The maximum absolute atomic E-state index is 11.9. The molecular weight excluding hydrogens is 600 g/mol. The van der Waals surface area contributed by atoms with Crippen molar-refractivity contribution in [3.8, 4) is 5.69 Å². The first kappa shape index (κ1) is 32.7. The number of nitrogens with zero attached hydrogens (tertiary/aromatic N) is 3. The zero-order valence-electron chi connectivity index (χ0n) is 28.5. The lowest BCUT2D eigenvalue weighted by Gasteiger charge is -2.09. The molecule has 0 spiro atoms. The van der Waals surface area contributed by atoms with E-state index in [9.17, 15) is 19.8 Å². The number of rotatable bonds is 9. The lowest BCUT2D eigenvalue weighted by Crippen LogP contribution is -1.99. The molecule has 3 aromatic heterocycles. The summed E-state index contributed by atoms with van der Waals surface area (Å²) in [7, 11) is 0. The Labute approximate surface area is 280 Å². The molecule has 2 aliphatic heterocycles. The Morgan fingerprint density at radius 2 is 1.25 bits per heavy atom. The second-order valence-electron chi connectivity index (χ2n) is 12.6. The summed E-state index contributed by atoms with van der Waals surface area (Å²) < 4.78 is 2.18. The van der Waals surface area contributed by atoms with Crippen LogP contribution < -0.4 is 0 Å². The SMILES string of the molecule is CCC1=C(C)c2cc3[nH]c(cc4nc(cc5c(CCC(=O)O)c(C)c(cc1n2)n5-c1ccccc1)C(CCC(=O)O)=C4C)c(C)c3CC. The molecule has 8 bridgehead atoms. The molecule has 0 atom stereocenters. The minimum absolute atomic E-state index is 0.0268. The van der Waals surface area contributed by atoms with Crippen LogP contribution in [-0.4, -0.2) is 41.7 Å². The van der Waals surface area contributed by atoms with Crippen LogP contribution in [0.2, 0.25) is 0 Å². The summed E-state index contributed by atoms with van der Waals surface area (Å²) >= 11 is 0. The first-order chi connectivity index (χ1) is 23.0. The topological polar surface area (TPSA) is 121 Å². The Bertz CT molecular complexity index is 2200. The van der Waals surface area contributed by atoms with E-state index in [4.69, 9.17) is 9.97 Å². The fraction of sp³-hybridized carbons (Fsp3) is 0.300. The molecule has 6 rings (SSSR count). The van der Waals surface area contributed by atoms with Crippen molar-refractivity contribution in [1.29, 1.82) is 0 Å². The van der Waals surface area contributed by atoms with Gasteiger partial charge in [-0.3, -0.25) is 9.59 Å². The van der Waals surface area contributed by atoms with Crippen molar-refractivity contribution in [2.75, 3.05) is 0 Å². The van der Waals surface area contributed by atoms with Crippen LogP contribution >= 0.6 is 0 Å². The van der Waals surface area contributed by atoms with Gasteiger partial charge in [0.15, 0.2) is 0 Å². The Balaban J connectivity index is 1.85. The third-order valence-electron chi connectivity index (χ3n) is 9.86. The average Bonchev–Trinajstić information content (AvgIpc) is 3.70. The number of hydrogen-bond donors (Lipinski definition) is 3. The summed E-state index contributed by atoms with van der Waals surface area (Å²) in [6.45, 7) is 12.6. The summed E-state index contributed by atoms with van der Waals surface area (Å²) in [6.07, 6.45) is 2.26. The number of para-hydroxylation sites is 1. The molecule has 4 aromatic rings. The number of benzene rings is 1. The van der Waals surface area contributed by atoms with Gasteiger partial charge in [0.1, 0.15) is 0 Å². The maximum Gasteiger partial charge on any atom is 0.303 e. The highest BCUT2D eigenvalue weighted by Crippen LogP contribution is 2.38. The van der Waals surface area contributed by atoms with Crippen LogP contribution in [0.25, 0.3) is 50.0 Å². The molecule has 0 fully saturated rings. The van der Waals surface area contributed by atoms with Crippen molar-refractivity contribution in [2.24, 2.45) is 0 Å². The largest absolute Gasteiger partial charge is 0.481 e. The molecule has 0 radical (unpaired) electrons. The van der Waals surface area contributed by atoms with E-state index in [1.165, 1.54) is 11.1 Å². The van der Waals surface area contributed by atoms with Gasteiger partial charge in [0.05, 0.1) is 33.8 Å². The second kappa shape index (κ2) is 13.1. The van der Waals surface area contributed by atoms with Crippen molar-refractivity contribution in [1.82, 2.24) is 19.5 Å². The van der Waals surface area contributed by atoms with Gasteiger partial charge in [-0.1, -0.05) is 32.0 Å². The van der Waals surface area contributed by atoms with Crippen molar-refractivity contribution >= 4 is 56.3 Å². The Kier molecular flexibility index (Phi) is 8.93. The predicted molar refractivity (Wildman–Crippen MR) is 193 cm³/mol. The zero-order valence-corrected chi connectivity index (χ0v) is 28.5. The lowest BCUT2D eigenvalue weighted by molar-refractivity contribution is -0.137. The van der Waals surface area contributed by atoms with Crippen LogP contribution in [0.1, 0.15) is 98.4 Å². The highest BCUT2D eigenvalue weighted by molar-refractivity contribution is 5.96. The highest BCUT2D eigenvalue weighted by Gasteiger charge is 2.23. The van der Waals surface area contributed by atoms with E-state index in [1.54, 1.807) is 0 Å². The number of fused-ring (bicyclic) bond motifs is 8. The Morgan fingerprint density at radius 1 is 0.667 bits per heavy atom. The van der Waals surface area contributed by atoms with Crippen LogP contribution in [0.3, 0.4) is 0 Å². The molecule has 5 heterocycles. The molecular formula is C40H42N4O4. The number of hydrogen-bond acceptors (Lipinski definition) is 4. The number of aromatic nitrogens is 4. The van der Waals surface area contributed by atoms with Gasteiger partial charge in [0.2, 0.25) is 0 Å². The molecule has 0 aliphatic carbocycles. The van der Waals surface area contributed by atoms with E-state index in [1.807, 2.05) is 50.2 Å². The fourth-order valence-corrected chi connectivity index (χ4v) is 7.21. The van der Waals surface area contributed by atoms with E-state index >= 15 is 0 Å². The molecule has 246 valence electrons. The molecule has 0 saturated heterocycles. The van der Waals surface area contributed by atoms with E-state index in [-0.39, 0.29) is 12.8 Å². The van der Waals surface area contributed by atoms with Gasteiger partial charge in [-0.15, -0.1) is 0 Å². The molecule has 0 saturated carbocycles. The average molecular weight is 643 g/mol. The number of aromatic amines is 1. The first-order valence-electron chi connectivity index (χ1n) is 16.7. The van der Waals surface area contributed by atoms with Gasteiger partial charge in [-0.2, -0.15) is 0 Å². The number of aryl methyl sites for hydroxylation is 4. The highest BCUT2D eigenvalue weighted by atomic mass is 16.4. The van der Waals surface area contributed by atoms with Gasteiger partial charge >= 0.3 is 11.9 Å². The molecule has 3 N–H and O–H groups in total. The molecule has 8 nitrogen and oxygen atoms in total. The molecule has 8 heteroatoms. The number of H-pyrrole nitrogens is 1. The number of carboxylic acids is 2. The van der Waals surface area contributed by atoms with E-state index < -0.39 is 11.9 Å². The van der Waals surface area contributed by atoms with E-state index in [0.717, 1.165) is 91.1 Å². The third-order valence-corrected chi connectivity index (χ3v) is 9.86. The number of carbonyl (C=O) groups is 2. The van der Waals surface area contributed by atoms with Crippen LogP contribution in [0.15, 0.2) is 54.6 Å². The van der Waals surface area contributed by atoms with Gasteiger partial charge in [-0.25, -0.2) is 9.97 Å². The molecule has 0 unspecified atom stereocenters. The normalized spacial score (nSPS) is 13.0. The van der Waals surface area contributed by atoms with Crippen LogP contribution in [0.4, 0.5) is 0 Å². The van der Waals surface area contributed by atoms with Gasteiger partial charge < -0.3 is 19.8 Å². The molecule has 0 amide bonds. The summed E-state index contributed by atoms with van der Waals surface area (Å²) in [5, 5.41) is 19.4. The van der Waals surface area contributed by atoms with Gasteiger partial charge in [-0.05, 0) is 134 Å². The standard InChI is InChI=1S/C40H42N4O4/c1-7-27-22(3)31-18-32-24(5)29(14-16-39(45)46)36(43-32)21-38-30(15-17-40(47)48)25(6)37(44(38)26-12-10-9-11-13-26)20-35-28(8-2)23(4)33(42-35)19-34(27)41-31/h9-13,18-21,41H,7-8,14-17H2,1-6H3,(H,45,46)(H,47,48). The lowest BCUT2D eigenvalue weighted by atomic mass is 10.00. The monoisotopic (exact) mass is 642 g/mol. The second-order valence-corrected chi connectivity index (χ2v) is 12.6. The fourth-order valence-electron chi connectivity index (χ4n) is 7.21. The zero-order chi connectivity index (χ0) is 34.3. The minimum Gasteiger partial charge on any atom is -0.481 e. The van der Waals surface area contributed by atoms with Crippen molar-refractivity contribution in [3.05, 3.63) is 99.6 Å². The first-order valence-corrected chi connectivity index (χ1v) is 16.7. The maximum atomic E-state index is 11.9. The van der Waals surface area contributed by atoms with Crippen molar-refractivity contribution in [2.45, 2.75) is 80.1 Å². The van der Waals surface area contributed by atoms with Crippen LogP contribution in [0, 0.1) is 13.8 Å². The number of allylic oxidation sites excluding steroid dienone is 4. The number of carboxylic acid groups (broad SMARTS) is 2. The quantitative estimate of drug-likeness (QED) is 0.167. The predicted octanol–water partition coefficient (Wildman–Crippen LogP) is 9.11. The summed E-state index contributed by atoms with van der Waals surface area (Å²) in [6, 6.07) is 18.4. The minimum atomic E-state index is -0.871. The Hall–Kier alpha value is -5.24.